The number of aliphatic hydroxyl groups is 4. The molecule has 3 saturated heterocycles. The summed E-state index contributed by atoms with van der Waals surface area (Å²) >= 11 is 0. The Labute approximate surface area is 340 Å². The Morgan fingerprint density at radius 2 is 1.33 bits per heavy atom. The van der Waals surface area contributed by atoms with Crippen LogP contribution in [0.2, 0.25) is 0 Å². The highest BCUT2D eigenvalue weighted by Gasteiger charge is 2.56. The summed E-state index contributed by atoms with van der Waals surface area (Å²) in [7, 11) is 0. The van der Waals surface area contributed by atoms with Crippen LogP contribution in [0.3, 0.4) is 0 Å². The van der Waals surface area contributed by atoms with Gasteiger partial charge in [0.1, 0.15) is 48.8 Å². The topological polar surface area (TPSA) is 420 Å². The lowest BCUT2D eigenvalue weighted by Gasteiger charge is -2.50. The summed E-state index contributed by atoms with van der Waals surface area (Å²) in [6, 6.07) is -8.31. The summed E-state index contributed by atoms with van der Waals surface area (Å²) in [6.07, 6.45) is -22.8. The molecule has 27 nitrogen and oxygen atoms in total. The van der Waals surface area contributed by atoms with Crippen LogP contribution in [0.1, 0.15) is 47.5 Å². The maximum Gasteiger partial charge on any atom is 0.408 e. The molecule has 1 unspecified atom stereocenters. The lowest BCUT2D eigenvalue weighted by Crippen LogP contribution is -2.73. The Morgan fingerprint density at radius 1 is 0.767 bits per heavy atom. The number of ether oxygens (including phenoxy) is 6. The van der Waals surface area contributed by atoms with Crippen molar-refractivity contribution in [2.24, 2.45) is 5.73 Å². The Morgan fingerprint density at radius 3 is 1.85 bits per heavy atom. The highest BCUT2D eigenvalue weighted by molar-refractivity contribution is 5.84. The van der Waals surface area contributed by atoms with Crippen LogP contribution in [0.5, 0.6) is 0 Å². The number of carboxylic acids is 3. The van der Waals surface area contributed by atoms with Gasteiger partial charge in [-0.1, -0.05) is 0 Å². The normalized spacial score (nSPS) is 34.4. The number of nitrogens with two attached hydrogens (primary N) is 1. The third kappa shape index (κ3) is 13.1. The van der Waals surface area contributed by atoms with Crippen LogP contribution in [-0.2, 0) is 62.0 Å². The van der Waals surface area contributed by atoms with Gasteiger partial charge in [-0.15, -0.1) is 0 Å². The molecule has 3 aliphatic heterocycles. The van der Waals surface area contributed by atoms with Crippen LogP contribution in [0.15, 0.2) is 0 Å². The van der Waals surface area contributed by atoms with Gasteiger partial charge in [0, 0.05) is 27.2 Å². The molecule has 0 saturated carbocycles. The quantitative estimate of drug-likeness (QED) is 0.0646. The second-order valence-electron chi connectivity index (χ2n) is 14.3. The molecule has 0 aliphatic carbocycles. The van der Waals surface area contributed by atoms with E-state index in [4.69, 9.17) is 39.3 Å². The number of rotatable bonds is 17. The Hall–Kier alpha value is -4.84. The van der Waals surface area contributed by atoms with Gasteiger partial charge in [-0.3, -0.25) is 24.0 Å². The molecule has 3 fully saturated rings. The molecule has 0 aromatic heterocycles. The van der Waals surface area contributed by atoms with Gasteiger partial charge in [-0.25, -0.2) is 14.4 Å². The molecular formula is C33H52N6O21. The number of hydrogen-bond donors (Lipinski definition) is 13. The van der Waals surface area contributed by atoms with Gasteiger partial charge in [-0.05, 0) is 13.8 Å². The first-order chi connectivity index (χ1) is 27.9. The lowest BCUT2D eigenvalue weighted by molar-refractivity contribution is -0.322. The van der Waals surface area contributed by atoms with Crippen LogP contribution in [-0.4, -0.2) is 194 Å². The second-order valence-corrected chi connectivity index (χ2v) is 14.3. The van der Waals surface area contributed by atoms with E-state index < -0.39 is 171 Å². The number of nitrogens with one attached hydrogen (secondary N) is 5. The van der Waals surface area contributed by atoms with Crippen molar-refractivity contribution in [3.8, 4) is 0 Å². The zero-order valence-corrected chi connectivity index (χ0v) is 32.9. The van der Waals surface area contributed by atoms with Gasteiger partial charge in [0.05, 0.1) is 37.4 Å². The molecule has 27 heteroatoms. The summed E-state index contributed by atoms with van der Waals surface area (Å²) in [5.74, 6) is -8.14. The standard InChI is InChI=1S/C33H52N6O21/c1-9(41)19(29(50)51)39-33(54)60-25-10(2)55-32(22(24(25)47)37-13(5)44)58-26-20(35-11(3)42)21(36-12(4)43)31(59-27(26)30(52)53)57-15-7-18(56-16(8-40)23(15)46)38-17(45)6-14(34)28(48)49/h9-10,14-16,18-27,31-32,40-41,46-47H,6-8,34H2,1-5H3,(H,35,42)(H,36,43)(H,37,44)(H,38,45)(H,39,54)(H,48,49)(H,50,51)(H,52,53)/t9?,10-,14+,15-,16-,18-,19+,20-,21-,22+,23+,24-,25-,26+,27+,31-,32+/m1/s1. The number of carbonyl (C=O) groups is 8. The lowest BCUT2D eigenvalue weighted by atomic mass is 9.91. The molecular weight excluding hydrogens is 816 g/mol. The molecule has 0 aromatic rings. The molecule has 17 atom stereocenters. The Kier molecular flexibility index (Phi) is 17.8. The van der Waals surface area contributed by atoms with Crippen molar-refractivity contribution in [2.45, 2.75) is 151 Å². The molecule has 0 aromatic carbocycles. The van der Waals surface area contributed by atoms with E-state index in [9.17, 15) is 69.0 Å². The average molecular weight is 869 g/mol. The molecule has 340 valence electrons. The highest BCUT2D eigenvalue weighted by atomic mass is 16.7. The minimum atomic E-state index is -2.15. The summed E-state index contributed by atoms with van der Waals surface area (Å²) in [5.41, 5.74) is 5.43. The molecule has 0 spiro atoms. The first-order valence-corrected chi connectivity index (χ1v) is 18.4. The van der Waals surface area contributed by atoms with Crippen LogP contribution < -0.4 is 32.3 Å². The van der Waals surface area contributed by atoms with Gasteiger partial charge >= 0.3 is 24.0 Å². The Balaban J connectivity index is 1.97. The molecule has 5 amide bonds. The van der Waals surface area contributed by atoms with Crippen molar-refractivity contribution < 1.29 is 103 Å². The first-order valence-electron chi connectivity index (χ1n) is 18.4. The van der Waals surface area contributed by atoms with Gasteiger partial charge in [0.25, 0.3) is 0 Å². The summed E-state index contributed by atoms with van der Waals surface area (Å²) in [5, 5.41) is 82.5. The van der Waals surface area contributed by atoms with Crippen molar-refractivity contribution >= 4 is 47.6 Å². The Bertz CT molecular complexity index is 1590. The van der Waals surface area contributed by atoms with E-state index in [1.807, 2.05) is 5.32 Å². The number of carbonyl (C=O) groups excluding carboxylic acids is 5. The first kappa shape index (κ1) is 49.5. The zero-order valence-electron chi connectivity index (χ0n) is 32.9. The monoisotopic (exact) mass is 868 g/mol. The van der Waals surface area contributed by atoms with E-state index in [2.05, 4.69) is 21.3 Å². The average Bonchev–Trinajstić information content (AvgIpc) is 3.12. The molecule has 0 radical (unpaired) electrons. The van der Waals surface area contributed by atoms with Gasteiger partial charge in [0.2, 0.25) is 23.6 Å². The van der Waals surface area contributed by atoms with Crippen LogP contribution in [0.25, 0.3) is 0 Å². The van der Waals surface area contributed by atoms with E-state index in [1.54, 1.807) is 0 Å². The third-order valence-corrected chi connectivity index (χ3v) is 9.41. The molecule has 3 heterocycles. The molecule has 60 heavy (non-hydrogen) atoms. The number of amides is 5. The SMILES string of the molecule is CC(=O)N[C@@H]1[C@H](O[C@H]2[C@H](NC(C)=O)[C@@H](NC(C)=O)[C@H](O[C@@H]3C[C@H](NC(=O)C[C@H](N)C(=O)O)O[C@H](CO)[C@H]3O)O[C@@H]2C(=O)O)O[C@H](C)[C@@H](OC(=O)N[C@H](C(=O)O)C(C)O)[C@@H]1O. The van der Waals surface area contributed by atoms with Gasteiger partial charge in [-0.2, -0.15) is 0 Å². The predicted molar refractivity (Wildman–Crippen MR) is 190 cm³/mol. The molecule has 14 N–H and O–H groups in total. The minimum absolute atomic E-state index is 0.428. The smallest absolute Gasteiger partial charge is 0.408 e. The number of carboxylic acid groups (broad SMARTS) is 3. The minimum Gasteiger partial charge on any atom is -0.480 e. The van der Waals surface area contributed by atoms with E-state index in [0.29, 0.717) is 0 Å². The summed E-state index contributed by atoms with van der Waals surface area (Å²) < 4.78 is 34.5. The van der Waals surface area contributed by atoms with Crippen LogP contribution >= 0.6 is 0 Å². The van der Waals surface area contributed by atoms with Gasteiger partial charge < -0.3 is 96.5 Å². The van der Waals surface area contributed by atoms with Crippen molar-refractivity contribution in [2.75, 3.05) is 6.61 Å². The molecule has 0 bridgehead atoms. The predicted octanol–water partition coefficient (Wildman–Crippen LogP) is -6.50. The fourth-order valence-corrected chi connectivity index (χ4v) is 6.67. The summed E-state index contributed by atoms with van der Waals surface area (Å²) in [6.45, 7) is 4.61. The van der Waals surface area contributed by atoms with E-state index in [-0.39, 0.29) is 0 Å². The van der Waals surface area contributed by atoms with E-state index >= 15 is 0 Å². The molecule has 3 aliphatic rings. The van der Waals surface area contributed by atoms with E-state index in [0.717, 1.165) is 27.7 Å². The van der Waals surface area contributed by atoms with E-state index in [1.165, 1.54) is 6.92 Å². The number of alkyl carbamates (subject to hydrolysis) is 1. The largest absolute Gasteiger partial charge is 0.480 e. The zero-order chi connectivity index (χ0) is 45.3. The molecule has 3 rings (SSSR count). The highest BCUT2D eigenvalue weighted by Crippen LogP contribution is 2.33. The maximum atomic E-state index is 12.9. The van der Waals surface area contributed by atoms with Crippen molar-refractivity contribution in [1.82, 2.24) is 26.6 Å². The number of hydrogen-bond acceptors (Lipinski definition) is 19. The van der Waals surface area contributed by atoms with Crippen LogP contribution in [0.4, 0.5) is 4.79 Å². The number of aliphatic carboxylic acids is 3. The second kappa shape index (κ2) is 21.6. The van der Waals surface area contributed by atoms with Crippen molar-refractivity contribution in [1.29, 1.82) is 0 Å². The maximum absolute atomic E-state index is 12.9. The van der Waals surface area contributed by atoms with Crippen LogP contribution in [0, 0.1) is 0 Å². The third-order valence-electron chi connectivity index (χ3n) is 9.41. The fourth-order valence-electron chi connectivity index (χ4n) is 6.67. The number of aliphatic hydroxyl groups excluding tert-OH is 4. The van der Waals surface area contributed by atoms with Crippen molar-refractivity contribution in [3.05, 3.63) is 0 Å². The van der Waals surface area contributed by atoms with Gasteiger partial charge in [0.15, 0.2) is 30.8 Å². The summed E-state index contributed by atoms with van der Waals surface area (Å²) in [4.78, 5) is 98.2. The van der Waals surface area contributed by atoms with Crippen molar-refractivity contribution in [3.63, 3.8) is 0 Å². The fraction of sp³-hybridized carbons (Fsp3) is 0.758.